The van der Waals surface area contributed by atoms with Crippen LogP contribution in [0.3, 0.4) is 0 Å². The van der Waals surface area contributed by atoms with E-state index in [4.69, 9.17) is 9.84 Å². The van der Waals surface area contributed by atoms with E-state index >= 15 is 0 Å². The first-order valence-corrected chi connectivity index (χ1v) is 9.98. The predicted octanol–water partition coefficient (Wildman–Crippen LogP) is 2.32. The minimum Gasteiger partial charge on any atom is -0.493 e. The van der Waals surface area contributed by atoms with Gasteiger partial charge in [-0.1, -0.05) is 18.2 Å². The number of hydrogen-bond acceptors (Lipinski definition) is 4. The molecular formula is C21H32N2O3. The fraction of sp³-hybridized carbons (Fsp3) is 0.667. The first kappa shape index (κ1) is 19.2. The van der Waals surface area contributed by atoms with Gasteiger partial charge in [0.2, 0.25) is 5.91 Å². The van der Waals surface area contributed by atoms with Gasteiger partial charge in [0.15, 0.2) is 0 Å². The van der Waals surface area contributed by atoms with Crippen molar-refractivity contribution < 1.29 is 14.6 Å². The van der Waals surface area contributed by atoms with E-state index in [1.54, 1.807) is 0 Å². The summed E-state index contributed by atoms with van der Waals surface area (Å²) >= 11 is 0. The molecule has 0 spiro atoms. The van der Waals surface area contributed by atoms with Crippen LogP contribution < -0.4 is 4.74 Å². The van der Waals surface area contributed by atoms with Crippen LogP contribution in [0, 0.1) is 18.8 Å². The van der Waals surface area contributed by atoms with Gasteiger partial charge in [-0.25, -0.2) is 0 Å². The van der Waals surface area contributed by atoms with Crippen LogP contribution >= 0.6 is 0 Å². The Morgan fingerprint density at radius 2 is 1.96 bits per heavy atom. The zero-order chi connectivity index (χ0) is 18.4. The number of likely N-dealkylation sites (tertiary alicyclic amines) is 2. The molecule has 5 nitrogen and oxygen atoms in total. The number of rotatable bonds is 6. The lowest BCUT2D eigenvalue weighted by atomic mass is 9.92. The number of aliphatic hydroxyl groups is 1. The summed E-state index contributed by atoms with van der Waals surface area (Å²) in [6.07, 6.45) is 4.03. The largest absolute Gasteiger partial charge is 0.493 e. The maximum atomic E-state index is 12.9. The molecular weight excluding hydrogens is 328 g/mol. The second kappa shape index (κ2) is 9.38. The highest BCUT2D eigenvalue weighted by Gasteiger charge is 2.31. The molecule has 1 amide bonds. The van der Waals surface area contributed by atoms with Crippen molar-refractivity contribution >= 4 is 5.91 Å². The third kappa shape index (κ3) is 4.98. The van der Waals surface area contributed by atoms with Crippen LogP contribution in [0.15, 0.2) is 24.3 Å². The Morgan fingerprint density at radius 3 is 2.69 bits per heavy atom. The Bertz CT molecular complexity index is 584. The third-order valence-electron chi connectivity index (χ3n) is 5.75. The third-order valence-corrected chi connectivity index (χ3v) is 5.75. The molecule has 1 atom stereocenters. The van der Waals surface area contributed by atoms with Gasteiger partial charge in [-0.15, -0.1) is 0 Å². The summed E-state index contributed by atoms with van der Waals surface area (Å²) < 4.78 is 6.02. The number of nitrogens with zero attached hydrogens (tertiary/aromatic N) is 2. The highest BCUT2D eigenvalue weighted by atomic mass is 16.5. The molecule has 3 rings (SSSR count). The number of β-amino-alcohol motifs (C(OH)–C–C–N with tert-alkyl or cyclic N) is 1. The SMILES string of the molecule is Cc1ccccc1OC[C@H]1CCCN(C(=O)C2CCN(CCO)CC2)C1. The molecule has 144 valence electrons. The van der Waals surface area contributed by atoms with E-state index in [2.05, 4.69) is 22.8 Å². The van der Waals surface area contributed by atoms with E-state index in [0.717, 1.165) is 69.7 Å². The number of carbonyl (C=O) groups excluding carboxylic acids is 1. The van der Waals surface area contributed by atoms with Crippen LogP contribution in [0.5, 0.6) is 5.75 Å². The van der Waals surface area contributed by atoms with E-state index in [9.17, 15) is 4.79 Å². The highest BCUT2D eigenvalue weighted by molar-refractivity contribution is 5.79. The maximum Gasteiger partial charge on any atom is 0.225 e. The Morgan fingerprint density at radius 1 is 1.19 bits per heavy atom. The normalized spacial score (nSPS) is 22.4. The molecule has 2 fully saturated rings. The molecule has 5 heteroatoms. The van der Waals surface area contributed by atoms with Crippen LogP contribution in [0.2, 0.25) is 0 Å². The van der Waals surface area contributed by atoms with E-state index in [1.807, 2.05) is 18.2 Å². The number of para-hydroxylation sites is 1. The molecule has 26 heavy (non-hydrogen) atoms. The molecule has 1 aromatic carbocycles. The lowest BCUT2D eigenvalue weighted by molar-refractivity contribution is -0.139. The molecule has 0 bridgehead atoms. The van der Waals surface area contributed by atoms with Gasteiger partial charge >= 0.3 is 0 Å². The van der Waals surface area contributed by atoms with Gasteiger partial charge in [-0.05, 0) is 57.3 Å². The monoisotopic (exact) mass is 360 g/mol. The van der Waals surface area contributed by atoms with Crippen LogP contribution in [0.1, 0.15) is 31.2 Å². The molecule has 0 aromatic heterocycles. The molecule has 2 aliphatic rings. The van der Waals surface area contributed by atoms with Crippen molar-refractivity contribution in [3.8, 4) is 5.75 Å². The van der Waals surface area contributed by atoms with Crippen LogP contribution in [-0.2, 0) is 4.79 Å². The van der Waals surface area contributed by atoms with E-state index in [1.165, 1.54) is 0 Å². The van der Waals surface area contributed by atoms with E-state index < -0.39 is 0 Å². The van der Waals surface area contributed by atoms with Crippen molar-refractivity contribution in [2.45, 2.75) is 32.6 Å². The van der Waals surface area contributed by atoms with Gasteiger partial charge in [0.25, 0.3) is 0 Å². The summed E-state index contributed by atoms with van der Waals surface area (Å²) in [5.41, 5.74) is 1.16. The molecule has 2 heterocycles. The summed E-state index contributed by atoms with van der Waals surface area (Å²) in [4.78, 5) is 17.2. The second-order valence-corrected chi connectivity index (χ2v) is 7.71. The number of amides is 1. The minimum atomic E-state index is 0.154. The summed E-state index contributed by atoms with van der Waals surface area (Å²) in [5.74, 6) is 1.85. The van der Waals surface area contributed by atoms with Crippen molar-refractivity contribution in [3.63, 3.8) is 0 Å². The van der Waals surface area contributed by atoms with Crippen molar-refractivity contribution in [1.82, 2.24) is 9.80 Å². The zero-order valence-electron chi connectivity index (χ0n) is 15.9. The Labute approximate surface area is 156 Å². The van der Waals surface area contributed by atoms with Crippen LogP contribution in [0.25, 0.3) is 0 Å². The first-order chi connectivity index (χ1) is 12.7. The maximum absolute atomic E-state index is 12.9. The Hall–Kier alpha value is -1.59. The molecule has 1 N–H and O–H groups in total. The summed E-state index contributed by atoms with van der Waals surface area (Å²) in [7, 11) is 0. The van der Waals surface area contributed by atoms with Gasteiger partial charge in [0, 0.05) is 31.5 Å². The smallest absolute Gasteiger partial charge is 0.225 e. The number of hydrogen-bond donors (Lipinski definition) is 1. The van der Waals surface area contributed by atoms with Gasteiger partial charge in [0.1, 0.15) is 5.75 Å². The number of carbonyl (C=O) groups is 1. The molecule has 2 saturated heterocycles. The van der Waals surface area contributed by atoms with Crippen molar-refractivity contribution in [2.75, 3.05) is 45.9 Å². The van der Waals surface area contributed by atoms with E-state index in [-0.39, 0.29) is 12.5 Å². The average molecular weight is 360 g/mol. The fourth-order valence-electron chi connectivity index (χ4n) is 4.13. The lowest BCUT2D eigenvalue weighted by Gasteiger charge is -2.37. The molecule has 1 aromatic rings. The van der Waals surface area contributed by atoms with E-state index in [0.29, 0.717) is 18.4 Å². The molecule has 0 unspecified atom stereocenters. The predicted molar refractivity (Wildman–Crippen MR) is 102 cm³/mol. The number of ether oxygens (including phenoxy) is 1. The summed E-state index contributed by atoms with van der Waals surface area (Å²) in [6.45, 7) is 7.22. The van der Waals surface area contributed by atoms with Gasteiger partial charge in [-0.3, -0.25) is 4.79 Å². The lowest BCUT2D eigenvalue weighted by Crippen LogP contribution is -2.47. The molecule has 0 aliphatic carbocycles. The molecule has 2 aliphatic heterocycles. The summed E-state index contributed by atoms with van der Waals surface area (Å²) in [6, 6.07) is 8.10. The van der Waals surface area contributed by atoms with Crippen molar-refractivity contribution in [3.05, 3.63) is 29.8 Å². The first-order valence-electron chi connectivity index (χ1n) is 9.98. The highest BCUT2D eigenvalue weighted by Crippen LogP contribution is 2.25. The van der Waals surface area contributed by atoms with Gasteiger partial charge in [-0.2, -0.15) is 0 Å². The minimum absolute atomic E-state index is 0.154. The van der Waals surface area contributed by atoms with Gasteiger partial charge in [0.05, 0.1) is 13.2 Å². The van der Waals surface area contributed by atoms with Gasteiger partial charge < -0.3 is 19.6 Å². The average Bonchev–Trinajstić information content (AvgIpc) is 2.68. The number of benzene rings is 1. The molecule has 0 saturated carbocycles. The quantitative estimate of drug-likeness (QED) is 0.846. The Balaban J connectivity index is 1.47. The summed E-state index contributed by atoms with van der Waals surface area (Å²) in [5, 5.41) is 9.05. The topological polar surface area (TPSA) is 53.0 Å². The van der Waals surface area contributed by atoms with Crippen molar-refractivity contribution in [1.29, 1.82) is 0 Å². The molecule has 0 radical (unpaired) electrons. The standard InChI is InChI=1S/C21H32N2O3/c1-17-5-2-3-7-20(17)26-16-18-6-4-10-23(15-18)21(25)19-8-11-22(12-9-19)13-14-24/h2-3,5,7,18-19,24H,4,6,8-16H2,1H3/t18-/m0/s1. The number of aryl methyl sites for hydroxylation is 1. The van der Waals surface area contributed by atoms with Crippen molar-refractivity contribution in [2.24, 2.45) is 11.8 Å². The number of aliphatic hydroxyl groups excluding tert-OH is 1. The number of piperidine rings is 2. The van der Waals surface area contributed by atoms with Crippen LogP contribution in [-0.4, -0.2) is 66.8 Å². The van der Waals surface area contributed by atoms with Crippen LogP contribution in [0.4, 0.5) is 0 Å². The fourth-order valence-corrected chi connectivity index (χ4v) is 4.13. The second-order valence-electron chi connectivity index (χ2n) is 7.71. The zero-order valence-corrected chi connectivity index (χ0v) is 15.9. The Kier molecular flexibility index (Phi) is 6.92.